The molecule has 53 heavy (non-hydrogen) atoms. The van der Waals surface area contributed by atoms with Crippen molar-refractivity contribution in [3.63, 3.8) is 0 Å². The Hall–Kier alpha value is -4.06. The van der Waals surface area contributed by atoms with Crippen molar-refractivity contribution in [2.45, 2.75) is 108 Å². The Labute approximate surface area is 312 Å². The summed E-state index contributed by atoms with van der Waals surface area (Å²) in [7, 11) is -3.83. The number of fused-ring (bicyclic) bond motifs is 3. The Kier molecular flexibility index (Phi) is 10.8. The van der Waals surface area contributed by atoms with E-state index in [1.807, 2.05) is 30.3 Å². The molecule has 1 N–H and O–H groups in total. The molecule has 0 unspecified atom stereocenters. The first-order chi connectivity index (χ1) is 25.5. The van der Waals surface area contributed by atoms with Gasteiger partial charge in [0, 0.05) is 24.4 Å². The van der Waals surface area contributed by atoms with Crippen molar-refractivity contribution in [2.24, 2.45) is 29.1 Å². The summed E-state index contributed by atoms with van der Waals surface area (Å²) in [5.41, 5.74) is -0.298. The van der Waals surface area contributed by atoms with E-state index >= 15 is 0 Å². The Morgan fingerprint density at radius 1 is 1.11 bits per heavy atom. The highest BCUT2D eigenvalue weighted by atomic mass is 32.2. The van der Waals surface area contributed by atoms with Gasteiger partial charge in [-0.3, -0.25) is 23.9 Å². The predicted molar refractivity (Wildman–Crippen MR) is 200 cm³/mol. The molecule has 3 aliphatic carbocycles. The number of hydrogen-bond acceptors (Lipinski definition) is 9. The fraction of sp³-hybridized carbons (Fsp3) is 0.585. The number of carbonyl (C=O) groups excluding carboxylic acids is 4. The zero-order valence-corrected chi connectivity index (χ0v) is 31.4. The number of pyridine rings is 1. The first-order valence-electron chi connectivity index (χ1n) is 19.4. The summed E-state index contributed by atoms with van der Waals surface area (Å²) in [5, 5.41) is 1.16. The van der Waals surface area contributed by atoms with Gasteiger partial charge in [0.15, 0.2) is 5.78 Å². The highest BCUT2D eigenvalue weighted by Gasteiger charge is 2.61. The first-order valence-corrected chi connectivity index (χ1v) is 20.9. The third-order valence-corrected chi connectivity index (χ3v) is 14.1. The monoisotopic (exact) mass is 745 g/mol. The van der Waals surface area contributed by atoms with Crippen LogP contribution in [-0.4, -0.2) is 72.4 Å². The highest BCUT2D eigenvalue weighted by Crippen LogP contribution is 2.57. The van der Waals surface area contributed by atoms with Crippen molar-refractivity contribution >= 4 is 50.4 Å². The van der Waals surface area contributed by atoms with Gasteiger partial charge in [-0.05, 0) is 85.8 Å². The van der Waals surface area contributed by atoms with Gasteiger partial charge in [-0.1, -0.05) is 56.5 Å². The van der Waals surface area contributed by atoms with Crippen LogP contribution in [0.5, 0.6) is 5.88 Å². The van der Waals surface area contributed by atoms with Crippen molar-refractivity contribution < 1.29 is 37.1 Å². The smallest absolute Gasteiger partial charge is 0.306 e. The van der Waals surface area contributed by atoms with Crippen molar-refractivity contribution in [1.29, 1.82) is 0 Å². The van der Waals surface area contributed by atoms with Crippen LogP contribution in [0.15, 0.2) is 49.2 Å². The molecule has 1 aromatic carbocycles. The Bertz CT molecular complexity index is 1900. The van der Waals surface area contributed by atoms with E-state index in [0.29, 0.717) is 25.1 Å². The maximum absolute atomic E-state index is 14.8. The molecule has 3 heterocycles. The minimum Gasteiger partial charge on any atom is -0.472 e. The van der Waals surface area contributed by atoms with E-state index in [1.54, 1.807) is 17.2 Å². The topological polar surface area (TPSA) is 149 Å². The molecule has 1 aromatic heterocycles. The van der Waals surface area contributed by atoms with Crippen LogP contribution >= 0.6 is 0 Å². The third kappa shape index (κ3) is 8.07. The summed E-state index contributed by atoms with van der Waals surface area (Å²) in [4.78, 5) is 62.5. The number of nitrogens with one attached hydrogen (secondary N) is 1. The van der Waals surface area contributed by atoms with E-state index in [9.17, 15) is 27.6 Å². The molecular weight excluding hydrogens is 695 g/mol. The lowest BCUT2D eigenvalue weighted by Crippen LogP contribution is -2.48. The van der Waals surface area contributed by atoms with Gasteiger partial charge in [-0.25, -0.2) is 13.4 Å². The molecule has 284 valence electrons. The number of esters is 1. The zero-order valence-electron chi connectivity index (χ0n) is 30.5. The zero-order chi connectivity index (χ0) is 37.3. The Balaban J connectivity index is 1.22. The molecule has 2 aromatic rings. The lowest BCUT2D eigenvalue weighted by Gasteiger charge is -2.34. The minimum atomic E-state index is -3.83. The van der Waals surface area contributed by atoms with E-state index in [4.69, 9.17) is 9.47 Å². The minimum absolute atomic E-state index is 0.0356. The van der Waals surface area contributed by atoms with Gasteiger partial charge >= 0.3 is 5.97 Å². The molecule has 12 heteroatoms. The van der Waals surface area contributed by atoms with Crippen LogP contribution in [0.4, 0.5) is 0 Å². The van der Waals surface area contributed by atoms with Crippen molar-refractivity contribution in [1.82, 2.24) is 14.6 Å². The van der Waals surface area contributed by atoms with Crippen LogP contribution < -0.4 is 9.46 Å². The summed E-state index contributed by atoms with van der Waals surface area (Å²) in [6, 6.07) is 7.01. The van der Waals surface area contributed by atoms with E-state index in [0.717, 1.165) is 61.3 Å². The van der Waals surface area contributed by atoms with Gasteiger partial charge in [0.05, 0.1) is 42.2 Å². The number of carbonyl (C=O) groups is 4. The number of hydrogen-bond donors (Lipinski definition) is 1. The molecule has 4 fully saturated rings. The lowest BCUT2D eigenvalue weighted by molar-refractivity contribution is -0.153. The highest BCUT2D eigenvalue weighted by molar-refractivity contribution is 7.90. The van der Waals surface area contributed by atoms with Gasteiger partial charge in [-0.2, -0.15) is 0 Å². The SMILES string of the molecule is C=C[C@@H]1C[C@]1(CC(=O)[C@@H]1C[C@@H]2CN1C(=O)[C@H](C1CCCCC1)CC(=O)OC[C@@H](CC)C/C=C/c1ccc3ccnc(c3c1)O2)C(=O)NS(=O)(=O)C1CC1. The third-order valence-electron chi connectivity index (χ3n) is 12.3. The van der Waals surface area contributed by atoms with Crippen LogP contribution in [0.25, 0.3) is 16.8 Å². The van der Waals surface area contributed by atoms with Crippen LogP contribution in [-0.2, 0) is 33.9 Å². The first kappa shape index (κ1) is 37.3. The number of nitrogens with zero attached hydrogens (tertiary/aromatic N) is 2. The number of rotatable bonds is 9. The van der Waals surface area contributed by atoms with Gasteiger partial charge in [0.25, 0.3) is 0 Å². The number of benzene rings is 1. The average molecular weight is 746 g/mol. The maximum Gasteiger partial charge on any atom is 0.306 e. The van der Waals surface area contributed by atoms with E-state index < -0.39 is 50.6 Å². The molecule has 11 nitrogen and oxygen atoms in total. The van der Waals surface area contributed by atoms with Crippen molar-refractivity contribution in [3.8, 4) is 5.88 Å². The largest absolute Gasteiger partial charge is 0.472 e. The number of amides is 2. The van der Waals surface area contributed by atoms with Crippen LogP contribution in [0.2, 0.25) is 0 Å². The maximum atomic E-state index is 14.8. The molecule has 0 radical (unpaired) electrons. The molecular formula is C41H51N3O8S. The fourth-order valence-electron chi connectivity index (χ4n) is 8.66. The van der Waals surface area contributed by atoms with Crippen molar-refractivity contribution in [2.75, 3.05) is 13.2 Å². The lowest BCUT2D eigenvalue weighted by atomic mass is 9.77. The fourth-order valence-corrected chi connectivity index (χ4v) is 10.0. The van der Waals surface area contributed by atoms with Gasteiger partial charge in [0.1, 0.15) is 6.10 Å². The number of Topliss-reactive ketones (excluding diaryl/α,β-unsaturated/α-hetero) is 1. The summed E-state index contributed by atoms with van der Waals surface area (Å²) in [6.45, 7) is 6.27. The summed E-state index contributed by atoms with van der Waals surface area (Å²) >= 11 is 0. The van der Waals surface area contributed by atoms with Crippen molar-refractivity contribution in [3.05, 3.63) is 54.8 Å². The average Bonchev–Trinajstić information content (AvgIpc) is 4.08. The number of sulfonamides is 1. The van der Waals surface area contributed by atoms with Crippen LogP contribution in [0.1, 0.15) is 96.0 Å². The van der Waals surface area contributed by atoms with Gasteiger partial charge in [-0.15, -0.1) is 6.58 Å². The second-order valence-electron chi connectivity index (χ2n) is 15.9. The molecule has 5 aliphatic rings. The second kappa shape index (κ2) is 15.4. The standard InChI is InChI=1S/C41H51N3O8S/c1-3-26-9-8-10-27-13-14-29-17-18-42-38(33(29)19-27)52-31-20-35(36(45)23-41(22-30(41)4-2)40(48)43-53(49,50)32-15-16-32)44(24-31)39(47)34(21-37(46)51-25-26)28-11-6-5-7-12-28/h4,8,10,13-14,17-19,26,28,30-32,34-35H,2-3,5-7,9,11-12,15-16,20-25H2,1H3,(H,43,48)/b10-8+/t26-,30+,31+,34-,35-,41+/m0/s1. The molecule has 7 rings (SSSR count). The van der Waals surface area contributed by atoms with Gasteiger partial charge in [0.2, 0.25) is 27.7 Å². The number of allylic oxidation sites excluding steroid dienone is 2. The number of ether oxygens (including phenoxy) is 2. The van der Waals surface area contributed by atoms with Crippen LogP contribution in [0, 0.1) is 29.1 Å². The predicted octanol–water partition coefficient (Wildman–Crippen LogP) is 5.92. The van der Waals surface area contributed by atoms with E-state index in [1.165, 1.54) is 0 Å². The van der Waals surface area contributed by atoms with E-state index in [2.05, 4.69) is 29.3 Å². The number of aromatic nitrogens is 1. The molecule has 2 amide bonds. The quantitative estimate of drug-likeness (QED) is 0.244. The Morgan fingerprint density at radius 2 is 1.91 bits per heavy atom. The number of cyclic esters (lactones) is 1. The normalized spacial score (nSPS) is 30.5. The molecule has 6 atom stereocenters. The Morgan fingerprint density at radius 3 is 2.62 bits per heavy atom. The van der Waals surface area contributed by atoms with Crippen LogP contribution in [0.3, 0.4) is 0 Å². The second-order valence-corrected chi connectivity index (χ2v) is 17.9. The molecule has 2 aliphatic heterocycles. The molecule has 1 saturated heterocycles. The molecule has 3 saturated carbocycles. The summed E-state index contributed by atoms with van der Waals surface area (Å²) in [6.07, 6.45) is 14.1. The molecule has 4 bridgehead atoms. The number of ketones is 1. The molecule has 0 spiro atoms. The van der Waals surface area contributed by atoms with Gasteiger partial charge < -0.3 is 14.4 Å². The summed E-state index contributed by atoms with van der Waals surface area (Å²) in [5.74, 6) is -2.30. The summed E-state index contributed by atoms with van der Waals surface area (Å²) < 4.78 is 40.2. The van der Waals surface area contributed by atoms with E-state index in [-0.39, 0.29) is 61.9 Å².